The van der Waals surface area contributed by atoms with Crippen molar-refractivity contribution in [3.05, 3.63) is 53.6 Å². The van der Waals surface area contributed by atoms with Gasteiger partial charge in [-0.2, -0.15) is 0 Å². The fraction of sp³-hybridized carbons (Fsp3) is 0.214. The second-order valence-corrected chi connectivity index (χ2v) is 5.24. The van der Waals surface area contributed by atoms with Gasteiger partial charge >= 0.3 is 0 Å². The van der Waals surface area contributed by atoms with Crippen LogP contribution in [0.15, 0.2) is 48.6 Å². The number of thiazole rings is 1. The Balaban J connectivity index is 2.06. The summed E-state index contributed by atoms with van der Waals surface area (Å²) in [5.41, 5.74) is 1.12. The van der Waals surface area contributed by atoms with Gasteiger partial charge in [0, 0.05) is 5.92 Å². The number of hydrogen-bond donors (Lipinski definition) is 0. The summed E-state index contributed by atoms with van der Waals surface area (Å²) in [5.74, 6) is 0.993. The average Bonchev–Trinajstić information content (AvgIpc) is 2.73. The van der Waals surface area contributed by atoms with Crippen LogP contribution in [-0.4, -0.2) is 4.98 Å². The van der Waals surface area contributed by atoms with Crippen molar-refractivity contribution in [2.45, 2.75) is 12.8 Å². The number of rotatable bonds is 1. The van der Waals surface area contributed by atoms with Crippen molar-refractivity contribution >= 4 is 21.6 Å². The predicted octanol–water partition coefficient (Wildman–Crippen LogP) is 4.14. The summed E-state index contributed by atoms with van der Waals surface area (Å²) in [4.78, 5) is 4.72. The van der Waals surface area contributed by atoms with Gasteiger partial charge < -0.3 is 0 Å². The Hall–Kier alpha value is -1.41. The van der Waals surface area contributed by atoms with E-state index in [0.29, 0.717) is 11.8 Å². The zero-order chi connectivity index (χ0) is 11.0. The van der Waals surface area contributed by atoms with Crippen molar-refractivity contribution in [3.8, 4) is 0 Å². The van der Waals surface area contributed by atoms with E-state index in [1.54, 1.807) is 0 Å². The molecule has 0 fully saturated rings. The molecule has 1 aliphatic carbocycles. The van der Waals surface area contributed by atoms with Crippen molar-refractivity contribution in [2.24, 2.45) is 5.92 Å². The Morgan fingerprint density at radius 3 is 2.75 bits per heavy atom. The lowest BCUT2D eigenvalue weighted by Gasteiger charge is -2.17. The van der Waals surface area contributed by atoms with Crippen LogP contribution >= 0.6 is 11.3 Å². The van der Waals surface area contributed by atoms with Crippen LogP contribution in [0.2, 0.25) is 0 Å². The van der Waals surface area contributed by atoms with Crippen molar-refractivity contribution in [1.82, 2.24) is 4.98 Å². The van der Waals surface area contributed by atoms with Gasteiger partial charge in [-0.15, -0.1) is 11.3 Å². The second-order valence-electron chi connectivity index (χ2n) is 4.17. The molecule has 0 N–H and O–H groups in total. The Morgan fingerprint density at radius 2 is 1.94 bits per heavy atom. The van der Waals surface area contributed by atoms with Crippen molar-refractivity contribution in [3.63, 3.8) is 0 Å². The topological polar surface area (TPSA) is 12.9 Å². The number of benzene rings is 1. The third-order valence-corrected chi connectivity index (χ3v) is 4.14. The molecule has 2 heteroatoms. The monoisotopic (exact) mass is 227 g/mol. The highest BCUT2D eigenvalue weighted by Crippen LogP contribution is 2.34. The van der Waals surface area contributed by atoms with Gasteiger partial charge in [0.1, 0.15) is 5.01 Å². The first kappa shape index (κ1) is 9.79. The summed E-state index contributed by atoms with van der Waals surface area (Å²) in [5, 5.41) is 1.23. The molecule has 16 heavy (non-hydrogen) atoms. The zero-order valence-corrected chi connectivity index (χ0v) is 9.95. The first-order valence-electron chi connectivity index (χ1n) is 5.55. The first-order valence-corrected chi connectivity index (χ1v) is 6.37. The van der Waals surface area contributed by atoms with Gasteiger partial charge in [0.2, 0.25) is 0 Å². The molecule has 2 aromatic rings. The summed E-state index contributed by atoms with van der Waals surface area (Å²) >= 11 is 1.81. The molecule has 1 aliphatic rings. The first-order chi connectivity index (χ1) is 7.84. The van der Waals surface area contributed by atoms with Gasteiger partial charge in [-0.05, 0) is 18.1 Å². The van der Waals surface area contributed by atoms with E-state index < -0.39 is 0 Å². The third kappa shape index (κ3) is 1.59. The van der Waals surface area contributed by atoms with E-state index in [4.69, 9.17) is 4.98 Å². The van der Waals surface area contributed by atoms with Crippen molar-refractivity contribution in [2.75, 3.05) is 0 Å². The highest BCUT2D eigenvalue weighted by atomic mass is 32.1. The Morgan fingerprint density at radius 1 is 1.12 bits per heavy atom. The van der Waals surface area contributed by atoms with E-state index in [-0.39, 0.29) is 0 Å². The number of nitrogens with zero attached hydrogens (tertiary/aromatic N) is 1. The maximum Gasteiger partial charge on any atom is 0.101 e. The van der Waals surface area contributed by atoms with Crippen LogP contribution in [0.5, 0.6) is 0 Å². The largest absolute Gasteiger partial charge is 0.241 e. The van der Waals surface area contributed by atoms with Gasteiger partial charge in [-0.1, -0.05) is 43.4 Å². The lowest BCUT2D eigenvalue weighted by Crippen LogP contribution is -2.06. The van der Waals surface area contributed by atoms with E-state index in [0.717, 1.165) is 5.52 Å². The molecule has 80 valence electrons. The summed E-state index contributed by atoms with van der Waals surface area (Å²) in [7, 11) is 0. The van der Waals surface area contributed by atoms with Crippen LogP contribution in [-0.2, 0) is 0 Å². The number of para-hydroxylation sites is 1. The molecule has 1 heterocycles. The normalized spacial score (nSPS) is 24.1. The minimum Gasteiger partial charge on any atom is -0.241 e. The summed E-state index contributed by atoms with van der Waals surface area (Å²) in [6.45, 7) is 2.25. The van der Waals surface area contributed by atoms with Crippen LogP contribution in [0.4, 0.5) is 0 Å². The lowest BCUT2D eigenvalue weighted by atomic mass is 9.91. The van der Waals surface area contributed by atoms with E-state index in [1.807, 2.05) is 17.4 Å². The second kappa shape index (κ2) is 3.87. The minimum atomic E-state index is 0.447. The molecule has 0 spiro atoms. The van der Waals surface area contributed by atoms with Gasteiger partial charge in [0.25, 0.3) is 0 Å². The van der Waals surface area contributed by atoms with Crippen molar-refractivity contribution in [1.29, 1.82) is 0 Å². The molecule has 1 aromatic carbocycles. The molecule has 0 amide bonds. The van der Waals surface area contributed by atoms with Gasteiger partial charge in [-0.3, -0.25) is 0 Å². The van der Waals surface area contributed by atoms with E-state index in [2.05, 4.69) is 49.4 Å². The molecule has 3 rings (SSSR count). The molecule has 1 aromatic heterocycles. The van der Waals surface area contributed by atoms with Crippen LogP contribution in [0.25, 0.3) is 10.2 Å². The van der Waals surface area contributed by atoms with Gasteiger partial charge in [0.15, 0.2) is 0 Å². The Bertz CT molecular complexity index is 532. The molecule has 1 nitrogen and oxygen atoms in total. The quantitative estimate of drug-likeness (QED) is 0.713. The molecule has 0 saturated heterocycles. The van der Waals surface area contributed by atoms with Crippen LogP contribution in [0, 0.1) is 5.92 Å². The fourth-order valence-corrected chi connectivity index (χ4v) is 3.22. The summed E-state index contributed by atoms with van der Waals surface area (Å²) < 4.78 is 1.28. The summed E-state index contributed by atoms with van der Waals surface area (Å²) in [6, 6.07) is 8.35. The van der Waals surface area contributed by atoms with Crippen molar-refractivity contribution < 1.29 is 0 Å². The predicted molar refractivity (Wildman–Crippen MR) is 69.8 cm³/mol. The van der Waals surface area contributed by atoms with E-state index >= 15 is 0 Å². The molecular weight excluding hydrogens is 214 g/mol. The number of aromatic nitrogens is 1. The Labute approximate surface area is 99.1 Å². The minimum absolute atomic E-state index is 0.447. The van der Waals surface area contributed by atoms with Crippen LogP contribution in [0.3, 0.4) is 0 Å². The molecule has 2 atom stereocenters. The van der Waals surface area contributed by atoms with E-state index in [1.165, 1.54) is 9.71 Å². The highest BCUT2D eigenvalue weighted by Gasteiger charge is 2.19. The SMILES string of the molecule is CC1C=CC=CC1c1nc2ccccc2s1. The molecule has 0 aliphatic heterocycles. The van der Waals surface area contributed by atoms with Crippen LogP contribution < -0.4 is 0 Å². The van der Waals surface area contributed by atoms with E-state index in [9.17, 15) is 0 Å². The smallest absolute Gasteiger partial charge is 0.101 e. The summed E-state index contributed by atoms with van der Waals surface area (Å²) in [6.07, 6.45) is 8.74. The maximum atomic E-state index is 4.72. The molecule has 2 unspecified atom stereocenters. The molecule has 0 bridgehead atoms. The lowest BCUT2D eigenvalue weighted by molar-refractivity contribution is 0.633. The van der Waals surface area contributed by atoms with Gasteiger partial charge in [0.05, 0.1) is 10.2 Å². The van der Waals surface area contributed by atoms with Gasteiger partial charge in [-0.25, -0.2) is 4.98 Å². The zero-order valence-electron chi connectivity index (χ0n) is 9.13. The maximum absolute atomic E-state index is 4.72. The molecule has 0 radical (unpaired) electrons. The standard InChI is InChI=1S/C14H13NS/c1-10-6-2-3-7-11(10)14-15-12-8-4-5-9-13(12)16-14/h2-11H,1H3. The third-order valence-electron chi connectivity index (χ3n) is 3.01. The Kier molecular flexibility index (Phi) is 2.37. The molecule has 0 saturated carbocycles. The fourth-order valence-electron chi connectivity index (χ4n) is 2.06. The highest BCUT2D eigenvalue weighted by molar-refractivity contribution is 7.18. The average molecular weight is 227 g/mol. The number of allylic oxidation sites excluding steroid dienone is 4. The van der Waals surface area contributed by atoms with Crippen LogP contribution in [0.1, 0.15) is 17.8 Å². The number of hydrogen-bond acceptors (Lipinski definition) is 2. The number of fused-ring (bicyclic) bond motifs is 1. The molecular formula is C14H13NS.